The number of hydrogen-bond donors (Lipinski definition) is 0. The Morgan fingerprint density at radius 1 is 1.24 bits per heavy atom. The number of aryl methyl sites for hydroxylation is 3. The third-order valence-electron chi connectivity index (χ3n) is 3.21. The summed E-state index contributed by atoms with van der Waals surface area (Å²) < 4.78 is 6.63. The SMILES string of the molecule is Cc1ccc(C)c(C(=O)COC(=O)c2cc(Cl)cn2C)c1. The summed E-state index contributed by atoms with van der Waals surface area (Å²) in [7, 11) is 1.69. The number of hydrogen-bond acceptors (Lipinski definition) is 3. The molecule has 0 atom stereocenters. The molecule has 21 heavy (non-hydrogen) atoms. The van der Waals surface area contributed by atoms with Gasteiger partial charge in [0.1, 0.15) is 5.69 Å². The molecule has 0 amide bonds. The minimum atomic E-state index is -0.567. The van der Waals surface area contributed by atoms with Crippen molar-refractivity contribution in [2.45, 2.75) is 13.8 Å². The van der Waals surface area contributed by atoms with E-state index in [9.17, 15) is 9.59 Å². The zero-order chi connectivity index (χ0) is 15.6. The first-order valence-electron chi connectivity index (χ1n) is 6.48. The minimum absolute atomic E-state index is 0.218. The first-order chi connectivity index (χ1) is 9.88. The second-order valence-corrected chi connectivity index (χ2v) is 5.41. The third-order valence-corrected chi connectivity index (χ3v) is 3.42. The van der Waals surface area contributed by atoms with Crippen molar-refractivity contribution in [3.63, 3.8) is 0 Å². The van der Waals surface area contributed by atoms with E-state index in [2.05, 4.69) is 0 Å². The topological polar surface area (TPSA) is 48.3 Å². The monoisotopic (exact) mass is 305 g/mol. The molecule has 0 saturated carbocycles. The number of aromatic nitrogens is 1. The van der Waals surface area contributed by atoms with E-state index in [-0.39, 0.29) is 12.4 Å². The van der Waals surface area contributed by atoms with E-state index in [1.54, 1.807) is 23.9 Å². The molecule has 1 heterocycles. The highest BCUT2D eigenvalue weighted by atomic mass is 35.5. The molecule has 110 valence electrons. The molecule has 0 unspecified atom stereocenters. The second kappa shape index (κ2) is 6.14. The Bertz CT molecular complexity index is 704. The Hall–Kier alpha value is -2.07. The van der Waals surface area contributed by atoms with Crippen LogP contribution in [0.25, 0.3) is 0 Å². The van der Waals surface area contributed by atoms with Gasteiger partial charge in [0.2, 0.25) is 5.78 Å². The predicted molar refractivity (Wildman–Crippen MR) is 81.0 cm³/mol. The average Bonchev–Trinajstić information content (AvgIpc) is 2.77. The summed E-state index contributed by atoms with van der Waals surface area (Å²) in [4.78, 5) is 24.0. The fourth-order valence-corrected chi connectivity index (χ4v) is 2.30. The Kier molecular flexibility index (Phi) is 4.48. The fourth-order valence-electron chi connectivity index (χ4n) is 2.05. The molecule has 0 N–H and O–H groups in total. The maximum absolute atomic E-state index is 12.1. The highest BCUT2D eigenvalue weighted by Crippen LogP contribution is 2.15. The van der Waals surface area contributed by atoms with E-state index >= 15 is 0 Å². The summed E-state index contributed by atoms with van der Waals surface area (Å²) >= 11 is 5.81. The minimum Gasteiger partial charge on any atom is -0.453 e. The molecule has 0 fully saturated rings. The van der Waals surface area contributed by atoms with Gasteiger partial charge < -0.3 is 9.30 Å². The molecule has 2 aromatic rings. The van der Waals surface area contributed by atoms with Crippen LogP contribution in [0.1, 0.15) is 32.0 Å². The molecule has 0 aliphatic carbocycles. The van der Waals surface area contributed by atoms with Crippen molar-refractivity contribution in [1.82, 2.24) is 4.57 Å². The van der Waals surface area contributed by atoms with Crippen LogP contribution in [0.2, 0.25) is 5.02 Å². The number of ether oxygens (including phenoxy) is 1. The van der Waals surface area contributed by atoms with Crippen LogP contribution in [0.3, 0.4) is 0 Å². The summed E-state index contributed by atoms with van der Waals surface area (Å²) in [6.45, 7) is 3.48. The highest BCUT2D eigenvalue weighted by Gasteiger charge is 2.16. The standard InChI is InChI=1S/C16H16ClNO3/c1-10-4-5-11(2)13(6-10)15(19)9-21-16(20)14-7-12(17)8-18(14)3/h4-8H,9H2,1-3H3. The van der Waals surface area contributed by atoms with E-state index < -0.39 is 5.97 Å². The largest absolute Gasteiger partial charge is 0.453 e. The van der Waals surface area contributed by atoms with Crippen LogP contribution in [-0.4, -0.2) is 22.9 Å². The van der Waals surface area contributed by atoms with Crippen molar-refractivity contribution in [2.24, 2.45) is 7.05 Å². The summed E-state index contributed by atoms with van der Waals surface area (Å²) in [6, 6.07) is 7.11. The third kappa shape index (κ3) is 3.52. The van der Waals surface area contributed by atoms with Crippen molar-refractivity contribution in [3.05, 3.63) is 57.9 Å². The summed E-state index contributed by atoms with van der Waals surface area (Å²) in [5, 5.41) is 0.449. The molecule has 0 spiro atoms. The lowest BCUT2D eigenvalue weighted by atomic mass is 10.0. The summed E-state index contributed by atoms with van der Waals surface area (Å²) in [6.07, 6.45) is 1.60. The first-order valence-corrected chi connectivity index (χ1v) is 6.85. The van der Waals surface area contributed by atoms with Gasteiger partial charge in [0.05, 0.1) is 5.02 Å². The average molecular weight is 306 g/mol. The van der Waals surface area contributed by atoms with E-state index in [4.69, 9.17) is 16.3 Å². The molecular formula is C16H16ClNO3. The number of ketones is 1. The summed E-state index contributed by atoms with van der Waals surface area (Å²) in [5.41, 5.74) is 2.74. The molecule has 1 aromatic carbocycles. The number of esters is 1. The Labute approximate surface area is 128 Å². The van der Waals surface area contributed by atoms with Gasteiger partial charge in [0.15, 0.2) is 6.61 Å². The molecular weight excluding hydrogens is 290 g/mol. The van der Waals surface area contributed by atoms with Crippen molar-refractivity contribution in [1.29, 1.82) is 0 Å². The highest BCUT2D eigenvalue weighted by molar-refractivity contribution is 6.31. The number of nitrogens with zero attached hydrogens (tertiary/aromatic N) is 1. The molecule has 0 saturated heterocycles. The van der Waals surface area contributed by atoms with Crippen molar-refractivity contribution >= 4 is 23.4 Å². The van der Waals surface area contributed by atoms with Gasteiger partial charge in [0.25, 0.3) is 0 Å². The Morgan fingerprint density at radius 3 is 2.57 bits per heavy atom. The predicted octanol–water partition coefficient (Wildman–Crippen LogP) is 3.34. The van der Waals surface area contributed by atoms with E-state index in [1.807, 2.05) is 26.0 Å². The van der Waals surface area contributed by atoms with E-state index in [0.717, 1.165) is 11.1 Å². The van der Waals surface area contributed by atoms with Gasteiger partial charge in [-0.1, -0.05) is 29.3 Å². The molecule has 4 nitrogen and oxygen atoms in total. The van der Waals surface area contributed by atoms with Crippen LogP contribution in [0, 0.1) is 13.8 Å². The molecule has 1 aromatic heterocycles. The molecule has 0 aliphatic heterocycles. The lowest BCUT2D eigenvalue weighted by molar-refractivity contribution is 0.0465. The van der Waals surface area contributed by atoms with Gasteiger partial charge in [-0.15, -0.1) is 0 Å². The van der Waals surface area contributed by atoms with Gasteiger partial charge in [-0.3, -0.25) is 4.79 Å². The number of carbonyl (C=O) groups excluding carboxylic acids is 2. The van der Waals surface area contributed by atoms with Crippen LogP contribution in [0.15, 0.2) is 30.5 Å². The van der Waals surface area contributed by atoms with Gasteiger partial charge in [-0.25, -0.2) is 4.79 Å². The molecule has 2 rings (SSSR count). The normalized spacial score (nSPS) is 10.5. The van der Waals surface area contributed by atoms with E-state index in [0.29, 0.717) is 16.3 Å². The van der Waals surface area contributed by atoms with Gasteiger partial charge in [-0.05, 0) is 31.5 Å². The fraction of sp³-hybridized carbons (Fsp3) is 0.250. The van der Waals surface area contributed by atoms with Crippen molar-refractivity contribution < 1.29 is 14.3 Å². The van der Waals surface area contributed by atoms with Gasteiger partial charge in [-0.2, -0.15) is 0 Å². The Morgan fingerprint density at radius 2 is 1.95 bits per heavy atom. The molecule has 0 bridgehead atoms. The Balaban J connectivity index is 2.06. The van der Waals surface area contributed by atoms with Crippen LogP contribution in [0.5, 0.6) is 0 Å². The van der Waals surface area contributed by atoms with Crippen LogP contribution in [0.4, 0.5) is 0 Å². The molecule has 0 aliphatic rings. The maximum atomic E-state index is 12.1. The molecule has 0 radical (unpaired) electrons. The van der Waals surface area contributed by atoms with Crippen LogP contribution < -0.4 is 0 Å². The van der Waals surface area contributed by atoms with Gasteiger partial charge in [0, 0.05) is 18.8 Å². The van der Waals surface area contributed by atoms with Crippen molar-refractivity contribution in [3.8, 4) is 0 Å². The maximum Gasteiger partial charge on any atom is 0.355 e. The lowest BCUT2D eigenvalue weighted by Gasteiger charge is -2.08. The number of Topliss-reactive ketones (excluding diaryl/α,β-unsaturated/α-hetero) is 1. The number of rotatable bonds is 4. The van der Waals surface area contributed by atoms with Gasteiger partial charge >= 0.3 is 5.97 Å². The number of carbonyl (C=O) groups is 2. The zero-order valence-electron chi connectivity index (χ0n) is 12.1. The summed E-state index contributed by atoms with van der Waals surface area (Å²) in [5.74, 6) is -0.784. The zero-order valence-corrected chi connectivity index (χ0v) is 12.9. The van der Waals surface area contributed by atoms with E-state index in [1.165, 1.54) is 6.07 Å². The first kappa shape index (κ1) is 15.3. The van der Waals surface area contributed by atoms with Crippen LogP contribution >= 0.6 is 11.6 Å². The second-order valence-electron chi connectivity index (χ2n) is 4.97. The molecule has 5 heteroatoms. The quantitative estimate of drug-likeness (QED) is 0.643. The van der Waals surface area contributed by atoms with Crippen LogP contribution in [-0.2, 0) is 11.8 Å². The number of halogens is 1. The van der Waals surface area contributed by atoms with Crippen molar-refractivity contribution in [2.75, 3.05) is 6.61 Å². The number of benzene rings is 1. The lowest BCUT2D eigenvalue weighted by Crippen LogP contribution is -2.17. The smallest absolute Gasteiger partial charge is 0.355 e.